The molecule has 6 heteroatoms. The first kappa shape index (κ1) is 13.2. The predicted molar refractivity (Wildman–Crippen MR) is 69.1 cm³/mol. The van der Waals surface area contributed by atoms with E-state index in [0.29, 0.717) is 30.3 Å². The second kappa shape index (κ2) is 6.66. The molecule has 1 aliphatic heterocycles. The van der Waals surface area contributed by atoms with E-state index < -0.39 is 0 Å². The van der Waals surface area contributed by atoms with Crippen LogP contribution in [0.5, 0.6) is 0 Å². The van der Waals surface area contributed by atoms with E-state index >= 15 is 0 Å². The van der Waals surface area contributed by atoms with Gasteiger partial charge in [0.2, 0.25) is 0 Å². The Hall–Kier alpha value is -1.20. The molecule has 1 saturated heterocycles. The number of nitrogens with zero attached hydrogens (tertiary/aromatic N) is 2. The van der Waals surface area contributed by atoms with E-state index in [1.807, 2.05) is 0 Å². The van der Waals surface area contributed by atoms with Crippen molar-refractivity contribution >= 4 is 23.7 Å². The lowest BCUT2D eigenvalue weighted by Gasteiger charge is -2.22. The van der Waals surface area contributed by atoms with E-state index in [2.05, 4.69) is 15.3 Å². The molecule has 2 heterocycles. The third-order valence-corrected chi connectivity index (χ3v) is 3.29. The lowest BCUT2D eigenvalue weighted by Crippen LogP contribution is -2.22. The SMILES string of the molecule is O=Cc1c(Cl)ncnc1NCCC1CCCCO1. The van der Waals surface area contributed by atoms with Gasteiger partial charge in [-0.1, -0.05) is 11.6 Å². The molecule has 1 aromatic rings. The van der Waals surface area contributed by atoms with Crippen LogP contribution in [0.1, 0.15) is 36.0 Å². The molecule has 1 aromatic heterocycles. The van der Waals surface area contributed by atoms with Crippen molar-refractivity contribution in [2.24, 2.45) is 0 Å². The first-order chi connectivity index (χ1) is 8.81. The highest BCUT2D eigenvalue weighted by atomic mass is 35.5. The Balaban J connectivity index is 1.86. The summed E-state index contributed by atoms with van der Waals surface area (Å²) in [5.41, 5.74) is 0.309. The third-order valence-electron chi connectivity index (χ3n) is 2.99. The fourth-order valence-electron chi connectivity index (χ4n) is 2.01. The molecule has 5 nitrogen and oxygen atoms in total. The van der Waals surface area contributed by atoms with Crippen LogP contribution in [0.2, 0.25) is 5.15 Å². The minimum absolute atomic E-state index is 0.177. The van der Waals surface area contributed by atoms with Crippen molar-refractivity contribution in [2.75, 3.05) is 18.5 Å². The molecule has 98 valence electrons. The predicted octanol–water partition coefficient (Wildman–Crippen LogP) is 2.31. The fraction of sp³-hybridized carbons (Fsp3) is 0.583. The number of carbonyl (C=O) groups is 1. The van der Waals surface area contributed by atoms with Gasteiger partial charge in [0.05, 0.1) is 11.7 Å². The van der Waals surface area contributed by atoms with Crippen molar-refractivity contribution in [1.82, 2.24) is 9.97 Å². The average molecular weight is 270 g/mol. The number of carbonyl (C=O) groups excluding carboxylic acids is 1. The van der Waals surface area contributed by atoms with Gasteiger partial charge in [0.1, 0.15) is 17.3 Å². The molecule has 0 radical (unpaired) electrons. The molecule has 0 aromatic carbocycles. The van der Waals surface area contributed by atoms with Crippen LogP contribution in [0.3, 0.4) is 0 Å². The standard InChI is InChI=1S/C12H16ClN3O2/c13-11-10(7-17)12(16-8-15-11)14-5-4-9-3-1-2-6-18-9/h7-9H,1-6H2,(H,14,15,16). The summed E-state index contributed by atoms with van der Waals surface area (Å²) in [4.78, 5) is 18.7. The molecule has 1 atom stereocenters. The van der Waals surface area contributed by atoms with E-state index in [1.165, 1.54) is 12.7 Å². The lowest BCUT2D eigenvalue weighted by molar-refractivity contribution is 0.0134. The first-order valence-electron chi connectivity index (χ1n) is 6.12. The van der Waals surface area contributed by atoms with Crippen molar-refractivity contribution in [3.63, 3.8) is 0 Å². The molecule has 0 spiro atoms. The van der Waals surface area contributed by atoms with Gasteiger partial charge in [-0.05, 0) is 25.7 Å². The van der Waals surface area contributed by atoms with Crippen molar-refractivity contribution < 1.29 is 9.53 Å². The van der Waals surface area contributed by atoms with Gasteiger partial charge < -0.3 is 10.1 Å². The first-order valence-corrected chi connectivity index (χ1v) is 6.50. The van der Waals surface area contributed by atoms with Crippen molar-refractivity contribution in [3.05, 3.63) is 17.0 Å². The van der Waals surface area contributed by atoms with Gasteiger partial charge in [0, 0.05) is 13.2 Å². The molecule has 0 amide bonds. The Kier molecular flexibility index (Phi) is 4.90. The number of hydrogen-bond acceptors (Lipinski definition) is 5. The van der Waals surface area contributed by atoms with Crippen LogP contribution < -0.4 is 5.32 Å². The highest BCUT2D eigenvalue weighted by molar-refractivity contribution is 6.32. The Labute approximate surface area is 111 Å². The summed E-state index contributed by atoms with van der Waals surface area (Å²) in [6.07, 6.45) is 6.70. The van der Waals surface area contributed by atoms with Crippen LogP contribution in [0.4, 0.5) is 5.82 Å². The summed E-state index contributed by atoms with van der Waals surface area (Å²) < 4.78 is 5.63. The Morgan fingerprint density at radius 3 is 3.11 bits per heavy atom. The quantitative estimate of drug-likeness (QED) is 0.656. The molecule has 0 saturated carbocycles. The molecule has 0 aliphatic carbocycles. The minimum Gasteiger partial charge on any atom is -0.378 e. The summed E-state index contributed by atoms with van der Waals surface area (Å²) in [6, 6.07) is 0. The second-order valence-corrected chi connectivity index (χ2v) is 4.61. The summed E-state index contributed by atoms with van der Waals surface area (Å²) in [7, 11) is 0. The summed E-state index contributed by atoms with van der Waals surface area (Å²) >= 11 is 5.81. The number of aldehydes is 1. The second-order valence-electron chi connectivity index (χ2n) is 4.25. The molecule has 1 fully saturated rings. The number of ether oxygens (including phenoxy) is 1. The lowest BCUT2D eigenvalue weighted by atomic mass is 10.1. The maximum atomic E-state index is 10.9. The third kappa shape index (κ3) is 3.40. The van der Waals surface area contributed by atoms with Crippen LogP contribution in [-0.2, 0) is 4.74 Å². The highest BCUT2D eigenvalue weighted by Crippen LogP contribution is 2.19. The van der Waals surface area contributed by atoms with Crippen LogP contribution in [0, 0.1) is 0 Å². The molecule has 18 heavy (non-hydrogen) atoms. The van der Waals surface area contributed by atoms with Crippen molar-refractivity contribution in [2.45, 2.75) is 31.8 Å². The number of anilines is 1. The minimum atomic E-state index is 0.177. The molecule has 2 rings (SSSR count). The van der Waals surface area contributed by atoms with Crippen molar-refractivity contribution in [1.29, 1.82) is 0 Å². The maximum absolute atomic E-state index is 10.9. The number of hydrogen-bond donors (Lipinski definition) is 1. The summed E-state index contributed by atoms with van der Waals surface area (Å²) in [5, 5.41) is 3.28. The van der Waals surface area contributed by atoms with Crippen LogP contribution >= 0.6 is 11.6 Å². The Morgan fingerprint density at radius 1 is 1.50 bits per heavy atom. The fourth-order valence-corrected chi connectivity index (χ4v) is 2.18. The van der Waals surface area contributed by atoms with E-state index in [1.54, 1.807) is 0 Å². The van der Waals surface area contributed by atoms with E-state index in [9.17, 15) is 4.79 Å². The van der Waals surface area contributed by atoms with Gasteiger partial charge in [0.15, 0.2) is 6.29 Å². The largest absolute Gasteiger partial charge is 0.378 e. The van der Waals surface area contributed by atoms with E-state index in [-0.39, 0.29) is 5.15 Å². The Bertz CT molecular complexity index is 408. The Morgan fingerprint density at radius 2 is 2.39 bits per heavy atom. The molecular formula is C12H16ClN3O2. The average Bonchev–Trinajstić information content (AvgIpc) is 2.40. The van der Waals surface area contributed by atoms with Gasteiger partial charge in [-0.25, -0.2) is 9.97 Å². The topological polar surface area (TPSA) is 64.1 Å². The van der Waals surface area contributed by atoms with Crippen LogP contribution in [0.25, 0.3) is 0 Å². The monoisotopic (exact) mass is 269 g/mol. The normalized spacial score (nSPS) is 19.5. The molecule has 1 unspecified atom stereocenters. The van der Waals surface area contributed by atoms with Gasteiger partial charge >= 0.3 is 0 Å². The van der Waals surface area contributed by atoms with Crippen molar-refractivity contribution in [3.8, 4) is 0 Å². The smallest absolute Gasteiger partial charge is 0.156 e. The van der Waals surface area contributed by atoms with E-state index in [0.717, 1.165) is 25.9 Å². The maximum Gasteiger partial charge on any atom is 0.156 e. The number of nitrogens with one attached hydrogen (secondary N) is 1. The zero-order valence-electron chi connectivity index (χ0n) is 10.1. The number of aromatic nitrogens is 2. The summed E-state index contributed by atoms with van der Waals surface area (Å²) in [5.74, 6) is 0.487. The highest BCUT2D eigenvalue weighted by Gasteiger charge is 2.14. The van der Waals surface area contributed by atoms with Crippen LogP contribution in [0.15, 0.2) is 6.33 Å². The van der Waals surface area contributed by atoms with Crippen LogP contribution in [-0.4, -0.2) is 35.5 Å². The van der Waals surface area contributed by atoms with E-state index in [4.69, 9.17) is 16.3 Å². The van der Waals surface area contributed by atoms with Gasteiger partial charge in [-0.2, -0.15) is 0 Å². The molecule has 1 N–H and O–H groups in total. The number of halogens is 1. The zero-order chi connectivity index (χ0) is 12.8. The van der Waals surface area contributed by atoms with Gasteiger partial charge in [-0.3, -0.25) is 4.79 Å². The van der Waals surface area contributed by atoms with Gasteiger partial charge in [-0.15, -0.1) is 0 Å². The zero-order valence-corrected chi connectivity index (χ0v) is 10.8. The number of rotatable bonds is 5. The molecule has 0 bridgehead atoms. The molecular weight excluding hydrogens is 254 g/mol. The summed E-state index contributed by atoms with van der Waals surface area (Å²) in [6.45, 7) is 1.56. The molecule has 1 aliphatic rings. The van der Waals surface area contributed by atoms with Gasteiger partial charge in [0.25, 0.3) is 0 Å².